The fraction of sp³-hybridized carbons (Fsp3) is 0.400. The lowest BCUT2D eigenvalue weighted by atomic mass is 10.2. The molecule has 0 aromatic heterocycles. The Bertz CT molecular complexity index is 558. The number of halogens is 3. The van der Waals surface area contributed by atoms with Crippen molar-refractivity contribution < 1.29 is 26.7 Å². The molecule has 0 aliphatic carbocycles. The molecule has 0 saturated heterocycles. The lowest BCUT2D eigenvalue weighted by Crippen LogP contribution is -2.35. The maximum Gasteiger partial charge on any atom is 0.390 e. The molecule has 0 fully saturated rings. The summed E-state index contributed by atoms with van der Waals surface area (Å²) in [6.45, 7) is 1.11. The first-order chi connectivity index (χ1) is 8.51. The number of aromatic hydroxyl groups is 1. The van der Waals surface area contributed by atoms with E-state index in [4.69, 9.17) is 10.8 Å². The number of phenolic OH excluding ortho intramolecular Hbond substituents is 1. The number of phenols is 1. The Hall–Kier alpha value is -1.48. The van der Waals surface area contributed by atoms with E-state index in [0.29, 0.717) is 0 Å². The molecule has 108 valence electrons. The molecule has 1 rings (SSSR count). The van der Waals surface area contributed by atoms with E-state index in [0.717, 1.165) is 25.1 Å². The minimum atomic E-state index is -4.46. The third-order valence-electron chi connectivity index (χ3n) is 2.20. The number of rotatable bonds is 4. The Labute approximate surface area is 108 Å². The fourth-order valence-electron chi connectivity index (χ4n) is 1.42. The number of nitrogens with one attached hydrogen (secondary N) is 1. The van der Waals surface area contributed by atoms with E-state index in [1.165, 1.54) is 0 Å². The van der Waals surface area contributed by atoms with Crippen LogP contribution in [0.5, 0.6) is 5.75 Å². The molecule has 1 aromatic carbocycles. The zero-order valence-electron chi connectivity index (χ0n) is 9.90. The van der Waals surface area contributed by atoms with E-state index in [-0.39, 0.29) is 16.3 Å². The van der Waals surface area contributed by atoms with Crippen LogP contribution in [0.4, 0.5) is 18.9 Å². The van der Waals surface area contributed by atoms with Gasteiger partial charge < -0.3 is 10.8 Å². The van der Waals surface area contributed by atoms with Crippen molar-refractivity contribution in [1.82, 2.24) is 4.72 Å². The molecular formula is C10H13F3N2O3S. The van der Waals surface area contributed by atoms with Gasteiger partial charge in [0.25, 0.3) is 0 Å². The van der Waals surface area contributed by atoms with Crippen LogP contribution in [0.25, 0.3) is 0 Å². The van der Waals surface area contributed by atoms with Crippen LogP contribution in [0, 0.1) is 0 Å². The van der Waals surface area contributed by atoms with Gasteiger partial charge in [-0.2, -0.15) is 13.2 Å². The van der Waals surface area contributed by atoms with Gasteiger partial charge in [0, 0.05) is 6.04 Å². The van der Waals surface area contributed by atoms with Crippen molar-refractivity contribution in [3.8, 4) is 5.75 Å². The number of nitrogens with two attached hydrogens (primary N) is 1. The molecule has 9 heteroatoms. The van der Waals surface area contributed by atoms with Gasteiger partial charge >= 0.3 is 6.18 Å². The molecule has 0 spiro atoms. The second-order valence-corrected chi connectivity index (χ2v) is 5.78. The summed E-state index contributed by atoms with van der Waals surface area (Å²) >= 11 is 0. The van der Waals surface area contributed by atoms with Gasteiger partial charge in [-0.15, -0.1) is 0 Å². The van der Waals surface area contributed by atoms with E-state index in [9.17, 15) is 21.6 Å². The highest BCUT2D eigenvalue weighted by Gasteiger charge is 2.32. The second-order valence-electron chi connectivity index (χ2n) is 4.06. The molecule has 1 unspecified atom stereocenters. The SMILES string of the molecule is CC(CC(F)(F)F)NS(=O)(=O)c1ccc(O)c(N)c1. The molecule has 1 atom stereocenters. The second kappa shape index (κ2) is 5.25. The van der Waals surface area contributed by atoms with Gasteiger partial charge in [0.1, 0.15) is 5.75 Å². The molecule has 0 saturated carbocycles. The molecule has 5 nitrogen and oxygen atoms in total. The number of hydrogen-bond acceptors (Lipinski definition) is 4. The zero-order chi connectivity index (χ0) is 14.8. The smallest absolute Gasteiger partial charge is 0.390 e. The number of benzene rings is 1. The van der Waals surface area contributed by atoms with Gasteiger partial charge in [-0.3, -0.25) is 0 Å². The average Bonchev–Trinajstić information content (AvgIpc) is 2.17. The Morgan fingerprint density at radius 2 is 2.00 bits per heavy atom. The first-order valence-electron chi connectivity index (χ1n) is 5.19. The van der Waals surface area contributed by atoms with Crippen LogP contribution in [0.3, 0.4) is 0 Å². The quantitative estimate of drug-likeness (QED) is 0.581. The summed E-state index contributed by atoms with van der Waals surface area (Å²) in [5, 5.41) is 9.16. The van der Waals surface area contributed by atoms with Gasteiger partial charge in [0.15, 0.2) is 0 Å². The largest absolute Gasteiger partial charge is 0.506 e. The number of hydrogen-bond donors (Lipinski definition) is 3. The van der Waals surface area contributed by atoms with Crippen LogP contribution in [0.15, 0.2) is 23.1 Å². The summed E-state index contributed by atoms with van der Waals surface area (Å²) < 4.78 is 61.8. The summed E-state index contributed by atoms with van der Waals surface area (Å²) in [5.74, 6) is -0.303. The van der Waals surface area contributed by atoms with E-state index in [1.807, 2.05) is 4.72 Å². The lowest BCUT2D eigenvalue weighted by Gasteiger charge is -2.16. The molecule has 0 aliphatic heterocycles. The van der Waals surface area contributed by atoms with Crippen molar-refractivity contribution >= 4 is 15.7 Å². The van der Waals surface area contributed by atoms with Gasteiger partial charge in [-0.05, 0) is 25.1 Å². The number of sulfonamides is 1. The van der Waals surface area contributed by atoms with E-state index in [1.54, 1.807) is 0 Å². The van der Waals surface area contributed by atoms with Crippen LogP contribution >= 0.6 is 0 Å². The Balaban J connectivity index is 2.89. The highest BCUT2D eigenvalue weighted by atomic mass is 32.2. The molecule has 0 amide bonds. The summed E-state index contributed by atoms with van der Waals surface area (Å²) in [5.41, 5.74) is 5.15. The monoisotopic (exact) mass is 298 g/mol. The minimum absolute atomic E-state index is 0.175. The molecule has 0 heterocycles. The van der Waals surface area contributed by atoms with Crippen molar-refractivity contribution in [2.24, 2.45) is 0 Å². The first kappa shape index (κ1) is 15.6. The van der Waals surface area contributed by atoms with E-state index in [2.05, 4.69) is 0 Å². The third-order valence-corrected chi connectivity index (χ3v) is 3.79. The van der Waals surface area contributed by atoms with Crippen LogP contribution in [0.1, 0.15) is 13.3 Å². The fourth-order valence-corrected chi connectivity index (χ4v) is 2.70. The van der Waals surface area contributed by atoms with Gasteiger partial charge in [-0.1, -0.05) is 0 Å². The number of alkyl halides is 3. The van der Waals surface area contributed by atoms with Crippen molar-refractivity contribution in [1.29, 1.82) is 0 Å². The van der Waals surface area contributed by atoms with Crippen LogP contribution < -0.4 is 10.5 Å². The topological polar surface area (TPSA) is 92.4 Å². The Morgan fingerprint density at radius 3 is 2.47 bits per heavy atom. The standard InChI is InChI=1S/C10H13F3N2O3S/c1-6(5-10(11,12)13)15-19(17,18)7-2-3-9(16)8(14)4-7/h2-4,6,15-16H,5,14H2,1H3. The highest BCUT2D eigenvalue weighted by molar-refractivity contribution is 7.89. The molecule has 0 aliphatic rings. The number of nitrogen functional groups attached to an aromatic ring is 1. The normalized spacial score (nSPS) is 14.3. The predicted molar refractivity (Wildman–Crippen MR) is 63.0 cm³/mol. The van der Waals surface area contributed by atoms with Crippen molar-refractivity contribution in [3.05, 3.63) is 18.2 Å². The van der Waals surface area contributed by atoms with Gasteiger partial charge in [-0.25, -0.2) is 13.1 Å². The summed E-state index contributed by atoms with van der Waals surface area (Å²) in [4.78, 5) is -0.308. The van der Waals surface area contributed by atoms with Gasteiger partial charge in [0.05, 0.1) is 17.0 Å². The lowest BCUT2D eigenvalue weighted by molar-refractivity contribution is -0.137. The van der Waals surface area contributed by atoms with Gasteiger partial charge in [0.2, 0.25) is 10.0 Å². The third kappa shape index (κ3) is 4.60. The molecule has 19 heavy (non-hydrogen) atoms. The molecule has 1 aromatic rings. The maximum atomic E-state index is 12.1. The average molecular weight is 298 g/mol. The van der Waals surface area contributed by atoms with E-state index < -0.39 is 28.7 Å². The Morgan fingerprint density at radius 1 is 1.42 bits per heavy atom. The van der Waals surface area contributed by atoms with Crippen LogP contribution in [0.2, 0.25) is 0 Å². The molecular weight excluding hydrogens is 285 g/mol. The van der Waals surface area contributed by atoms with Crippen molar-refractivity contribution in [3.63, 3.8) is 0 Å². The predicted octanol–water partition coefficient (Wildman–Crippen LogP) is 1.59. The molecule has 0 bridgehead atoms. The summed E-state index contributed by atoms with van der Waals surface area (Å²) in [7, 11) is -4.11. The van der Waals surface area contributed by atoms with Crippen LogP contribution in [-0.4, -0.2) is 25.7 Å². The zero-order valence-corrected chi connectivity index (χ0v) is 10.7. The molecule has 0 radical (unpaired) electrons. The van der Waals surface area contributed by atoms with Crippen molar-refractivity contribution in [2.45, 2.75) is 30.5 Å². The van der Waals surface area contributed by atoms with Crippen LogP contribution in [-0.2, 0) is 10.0 Å². The van der Waals surface area contributed by atoms with E-state index >= 15 is 0 Å². The molecule has 4 N–H and O–H groups in total. The summed E-state index contributed by atoms with van der Waals surface area (Å²) in [6.07, 6.45) is -5.74. The number of anilines is 1. The highest BCUT2D eigenvalue weighted by Crippen LogP contribution is 2.25. The first-order valence-corrected chi connectivity index (χ1v) is 6.67. The van der Waals surface area contributed by atoms with Crippen molar-refractivity contribution in [2.75, 3.05) is 5.73 Å². The summed E-state index contributed by atoms with van der Waals surface area (Å²) in [6, 6.07) is 1.77. The minimum Gasteiger partial charge on any atom is -0.506 e. The maximum absolute atomic E-state index is 12.1. The Kier molecular flexibility index (Phi) is 4.31.